The van der Waals surface area contributed by atoms with Gasteiger partial charge in [0.25, 0.3) is 0 Å². The zero-order valence-corrected chi connectivity index (χ0v) is 13.9. The molecule has 0 bridgehead atoms. The zero-order chi connectivity index (χ0) is 15.1. The van der Waals surface area contributed by atoms with Gasteiger partial charge in [0.15, 0.2) is 0 Å². The van der Waals surface area contributed by atoms with Gasteiger partial charge >= 0.3 is 0 Å². The maximum Gasteiger partial charge on any atom is 0.234 e. The number of nitrogens with one attached hydrogen (secondary N) is 2. The monoisotopic (exact) mass is 309 g/mol. The summed E-state index contributed by atoms with van der Waals surface area (Å²) in [7, 11) is 4.11. The molecule has 118 valence electrons. The van der Waals surface area contributed by atoms with Crippen molar-refractivity contribution in [2.24, 2.45) is 0 Å². The van der Waals surface area contributed by atoms with Gasteiger partial charge in [-0.2, -0.15) is 0 Å². The fraction of sp³-hybridized carbons (Fsp3) is 0.688. The van der Waals surface area contributed by atoms with E-state index in [0.29, 0.717) is 18.6 Å². The third kappa shape index (κ3) is 5.41. The Hall–Kier alpha value is -0.910. The third-order valence-corrected chi connectivity index (χ3v) is 5.33. The van der Waals surface area contributed by atoms with E-state index in [1.54, 1.807) is 11.3 Å². The van der Waals surface area contributed by atoms with Crippen molar-refractivity contribution in [3.05, 3.63) is 22.4 Å². The molecule has 1 aliphatic rings. The maximum absolute atomic E-state index is 12.0. The smallest absolute Gasteiger partial charge is 0.234 e. The van der Waals surface area contributed by atoms with Gasteiger partial charge in [-0.1, -0.05) is 6.07 Å². The second kappa shape index (κ2) is 8.51. The molecule has 0 spiro atoms. The summed E-state index contributed by atoms with van der Waals surface area (Å²) in [6.07, 6.45) is 5.73. The van der Waals surface area contributed by atoms with Gasteiger partial charge in [0, 0.05) is 23.5 Å². The van der Waals surface area contributed by atoms with Gasteiger partial charge < -0.3 is 10.6 Å². The fourth-order valence-electron chi connectivity index (χ4n) is 3.00. The van der Waals surface area contributed by atoms with Crippen LogP contribution in [0.15, 0.2) is 17.5 Å². The SMILES string of the molecule is CNC1CCC(N(C)CC(=O)NCCc2cccs2)CC1. The van der Waals surface area contributed by atoms with Gasteiger partial charge in [0.1, 0.15) is 0 Å². The lowest BCUT2D eigenvalue weighted by Gasteiger charge is -2.34. The van der Waals surface area contributed by atoms with Crippen LogP contribution in [0.2, 0.25) is 0 Å². The molecule has 21 heavy (non-hydrogen) atoms. The van der Waals surface area contributed by atoms with Crippen LogP contribution in [-0.4, -0.2) is 50.1 Å². The molecule has 1 aliphatic carbocycles. The van der Waals surface area contributed by atoms with Crippen molar-refractivity contribution in [2.75, 3.05) is 27.2 Å². The first kappa shape index (κ1) is 16.5. The largest absolute Gasteiger partial charge is 0.355 e. The highest BCUT2D eigenvalue weighted by molar-refractivity contribution is 7.09. The third-order valence-electron chi connectivity index (χ3n) is 4.39. The van der Waals surface area contributed by atoms with E-state index in [1.807, 2.05) is 7.05 Å². The first-order chi connectivity index (χ1) is 10.2. The number of thiophene rings is 1. The number of hydrogen-bond donors (Lipinski definition) is 2. The van der Waals surface area contributed by atoms with Gasteiger partial charge in [-0.3, -0.25) is 9.69 Å². The summed E-state index contributed by atoms with van der Waals surface area (Å²) < 4.78 is 0. The molecule has 0 aliphatic heterocycles. The van der Waals surface area contributed by atoms with Gasteiger partial charge in [0.2, 0.25) is 5.91 Å². The van der Waals surface area contributed by atoms with Crippen LogP contribution < -0.4 is 10.6 Å². The van der Waals surface area contributed by atoms with Crippen LogP contribution in [0.3, 0.4) is 0 Å². The zero-order valence-electron chi connectivity index (χ0n) is 13.1. The second-order valence-electron chi connectivity index (χ2n) is 5.89. The molecule has 1 amide bonds. The van der Waals surface area contributed by atoms with Crippen molar-refractivity contribution in [1.29, 1.82) is 0 Å². The standard InChI is InChI=1S/C16H27N3OS/c1-17-13-5-7-14(8-6-13)19(2)12-16(20)18-10-9-15-4-3-11-21-15/h3-4,11,13-14,17H,5-10,12H2,1-2H3,(H,18,20). The summed E-state index contributed by atoms with van der Waals surface area (Å²) in [6.45, 7) is 1.25. The number of amides is 1. The van der Waals surface area contributed by atoms with Crippen LogP contribution in [-0.2, 0) is 11.2 Å². The average molecular weight is 309 g/mol. The summed E-state index contributed by atoms with van der Waals surface area (Å²) in [5.41, 5.74) is 0. The molecule has 4 nitrogen and oxygen atoms in total. The van der Waals surface area contributed by atoms with E-state index in [2.05, 4.69) is 40.1 Å². The number of carbonyl (C=O) groups is 1. The summed E-state index contributed by atoms with van der Waals surface area (Å²) >= 11 is 1.75. The Morgan fingerprint density at radius 2 is 2.14 bits per heavy atom. The van der Waals surface area contributed by atoms with Crippen molar-refractivity contribution in [2.45, 2.75) is 44.2 Å². The van der Waals surface area contributed by atoms with Crippen molar-refractivity contribution < 1.29 is 4.79 Å². The molecular weight excluding hydrogens is 282 g/mol. The normalized spacial score (nSPS) is 22.4. The van der Waals surface area contributed by atoms with Crippen LogP contribution in [0.4, 0.5) is 0 Å². The van der Waals surface area contributed by atoms with E-state index >= 15 is 0 Å². The first-order valence-corrected chi connectivity index (χ1v) is 8.73. The Morgan fingerprint density at radius 3 is 2.76 bits per heavy atom. The lowest BCUT2D eigenvalue weighted by atomic mass is 9.90. The van der Waals surface area contributed by atoms with Gasteiger partial charge in [0.05, 0.1) is 6.54 Å². The highest BCUT2D eigenvalue weighted by Gasteiger charge is 2.23. The molecule has 0 atom stereocenters. The quantitative estimate of drug-likeness (QED) is 0.808. The van der Waals surface area contributed by atoms with E-state index in [1.165, 1.54) is 30.6 Å². The van der Waals surface area contributed by atoms with E-state index in [0.717, 1.165) is 13.0 Å². The lowest BCUT2D eigenvalue weighted by molar-refractivity contribution is -0.122. The molecule has 0 aromatic carbocycles. The Labute approximate surface area is 131 Å². The first-order valence-electron chi connectivity index (χ1n) is 7.85. The molecule has 1 aromatic rings. The molecule has 0 saturated heterocycles. The van der Waals surface area contributed by atoms with Gasteiger partial charge in [-0.25, -0.2) is 0 Å². The predicted molar refractivity (Wildman–Crippen MR) is 88.8 cm³/mol. The Morgan fingerprint density at radius 1 is 1.38 bits per heavy atom. The highest BCUT2D eigenvalue weighted by Crippen LogP contribution is 2.21. The molecule has 1 aromatic heterocycles. The topological polar surface area (TPSA) is 44.4 Å². The van der Waals surface area contributed by atoms with Crippen molar-refractivity contribution in [3.8, 4) is 0 Å². The van der Waals surface area contributed by atoms with Crippen LogP contribution in [0.1, 0.15) is 30.6 Å². The van der Waals surface area contributed by atoms with Crippen LogP contribution in [0.5, 0.6) is 0 Å². The summed E-state index contributed by atoms with van der Waals surface area (Å²) in [4.78, 5) is 15.5. The fourth-order valence-corrected chi connectivity index (χ4v) is 3.71. The van der Waals surface area contributed by atoms with Crippen molar-refractivity contribution >= 4 is 17.2 Å². The minimum Gasteiger partial charge on any atom is -0.355 e. The molecule has 2 rings (SSSR count). The number of rotatable bonds is 7. The molecule has 5 heteroatoms. The van der Waals surface area contributed by atoms with Crippen molar-refractivity contribution in [1.82, 2.24) is 15.5 Å². The lowest BCUT2D eigenvalue weighted by Crippen LogP contribution is -2.44. The Bertz CT molecular complexity index is 413. The minimum atomic E-state index is 0.143. The summed E-state index contributed by atoms with van der Waals surface area (Å²) in [6, 6.07) is 5.38. The molecule has 1 saturated carbocycles. The molecule has 1 fully saturated rings. The average Bonchev–Trinajstić information content (AvgIpc) is 3.00. The summed E-state index contributed by atoms with van der Waals surface area (Å²) in [5.74, 6) is 0.143. The predicted octanol–water partition coefficient (Wildman–Crippen LogP) is 1.87. The highest BCUT2D eigenvalue weighted by atomic mass is 32.1. The van der Waals surface area contributed by atoms with Gasteiger partial charge in [-0.15, -0.1) is 11.3 Å². The second-order valence-corrected chi connectivity index (χ2v) is 6.92. The minimum absolute atomic E-state index is 0.143. The summed E-state index contributed by atoms with van der Waals surface area (Å²) in [5, 5.41) is 8.45. The molecule has 1 heterocycles. The number of carbonyl (C=O) groups excluding carboxylic acids is 1. The number of likely N-dealkylation sites (N-methyl/N-ethyl adjacent to an activating group) is 1. The Kier molecular flexibility index (Phi) is 6.67. The van der Waals surface area contributed by atoms with Crippen LogP contribution in [0.25, 0.3) is 0 Å². The number of hydrogen-bond acceptors (Lipinski definition) is 4. The molecule has 2 N–H and O–H groups in total. The van der Waals surface area contributed by atoms with E-state index in [9.17, 15) is 4.79 Å². The number of nitrogens with zero attached hydrogens (tertiary/aromatic N) is 1. The van der Waals surface area contributed by atoms with E-state index < -0.39 is 0 Å². The van der Waals surface area contributed by atoms with Crippen molar-refractivity contribution in [3.63, 3.8) is 0 Å². The Balaban J connectivity index is 1.63. The maximum atomic E-state index is 12.0. The van der Waals surface area contributed by atoms with E-state index in [4.69, 9.17) is 0 Å². The van der Waals surface area contributed by atoms with Gasteiger partial charge in [-0.05, 0) is 57.6 Å². The van der Waals surface area contributed by atoms with E-state index in [-0.39, 0.29) is 5.91 Å². The molecule has 0 unspecified atom stereocenters. The van der Waals surface area contributed by atoms with Crippen LogP contribution >= 0.6 is 11.3 Å². The molecular formula is C16H27N3OS. The van der Waals surface area contributed by atoms with Crippen LogP contribution in [0, 0.1) is 0 Å². The molecule has 0 radical (unpaired) electrons.